The summed E-state index contributed by atoms with van der Waals surface area (Å²) in [6.45, 7) is 6.25. The van der Waals surface area contributed by atoms with E-state index >= 15 is 0 Å². The van der Waals surface area contributed by atoms with Crippen LogP contribution in [-0.2, 0) is 0 Å². The molecule has 41 heavy (non-hydrogen) atoms. The van der Waals surface area contributed by atoms with Gasteiger partial charge >= 0.3 is 0 Å². The summed E-state index contributed by atoms with van der Waals surface area (Å²) in [7, 11) is 3.14. The first kappa shape index (κ1) is 27.3. The van der Waals surface area contributed by atoms with Crippen molar-refractivity contribution >= 4 is 22.6 Å². The highest BCUT2D eigenvalue weighted by atomic mass is 16.5. The number of nitrogens with zero attached hydrogens (tertiary/aromatic N) is 6. The second-order valence-electron chi connectivity index (χ2n) is 9.14. The van der Waals surface area contributed by atoms with Crippen LogP contribution in [0.15, 0.2) is 61.4 Å². The Hall–Kier alpha value is -5.26. The second kappa shape index (κ2) is 11.9. The van der Waals surface area contributed by atoms with Crippen molar-refractivity contribution in [3.63, 3.8) is 0 Å². The largest absolute Gasteiger partial charge is 0.493 e. The zero-order valence-electron chi connectivity index (χ0n) is 23.3. The van der Waals surface area contributed by atoms with Crippen molar-refractivity contribution in [1.29, 1.82) is 0 Å². The minimum absolute atomic E-state index is 0.111. The van der Waals surface area contributed by atoms with Gasteiger partial charge in [0, 0.05) is 17.6 Å². The lowest BCUT2D eigenvalue weighted by Crippen LogP contribution is -2.15. The number of carbonyl (C=O) groups is 1. The lowest BCUT2D eigenvalue weighted by molar-refractivity contribution is 0.101. The Morgan fingerprint density at radius 1 is 0.976 bits per heavy atom. The molecule has 1 aromatic carbocycles. The average Bonchev–Trinajstić information content (AvgIpc) is 3.41. The molecule has 12 nitrogen and oxygen atoms in total. The summed E-state index contributed by atoms with van der Waals surface area (Å²) >= 11 is 0. The first-order chi connectivity index (χ1) is 19.9. The number of ether oxygens (including phenoxy) is 4. The molecule has 0 saturated carbocycles. The number of amides is 1. The molecule has 0 saturated heterocycles. The van der Waals surface area contributed by atoms with Gasteiger partial charge in [0.05, 0.1) is 50.6 Å². The minimum Gasteiger partial charge on any atom is -0.493 e. The van der Waals surface area contributed by atoms with Gasteiger partial charge in [-0.15, -0.1) is 0 Å². The molecular formula is C29H29N7O5. The number of anilines is 1. The number of hydrogen-bond acceptors (Lipinski definition) is 10. The number of benzene rings is 1. The standard InChI is InChI=1S/C29H29N7O5/c1-6-40-25-15-36(21-14-30-16-33-27(21)17(2)3)35-28(25)29(37)34-26-8-7-18(13-32-26)41-22-9-10-31-20-12-24(39-5)23(38-4)11-19(20)22/h7-17H,6H2,1-5H3,(H,32,34,37). The van der Waals surface area contributed by atoms with Crippen LogP contribution in [0.2, 0.25) is 0 Å². The Labute approximate surface area is 236 Å². The van der Waals surface area contributed by atoms with E-state index in [0.717, 1.165) is 11.1 Å². The van der Waals surface area contributed by atoms with Crippen molar-refractivity contribution < 1.29 is 23.7 Å². The summed E-state index contributed by atoms with van der Waals surface area (Å²) in [6.07, 6.45) is 7.96. The van der Waals surface area contributed by atoms with Gasteiger partial charge in [-0.05, 0) is 37.1 Å². The molecule has 5 rings (SSSR count). The third-order valence-corrected chi connectivity index (χ3v) is 6.12. The van der Waals surface area contributed by atoms with Gasteiger partial charge in [-0.2, -0.15) is 5.10 Å². The SMILES string of the molecule is CCOc1cn(-c2cncnc2C(C)C)nc1C(=O)Nc1ccc(Oc2ccnc3cc(OC)c(OC)cc23)cn1. The van der Waals surface area contributed by atoms with Gasteiger partial charge < -0.3 is 24.3 Å². The lowest BCUT2D eigenvalue weighted by Gasteiger charge is -2.12. The van der Waals surface area contributed by atoms with Gasteiger partial charge in [0.15, 0.2) is 22.9 Å². The van der Waals surface area contributed by atoms with E-state index in [2.05, 4.69) is 30.4 Å². The average molecular weight is 556 g/mol. The van der Waals surface area contributed by atoms with Crippen molar-refractivity contribution in [3.05, 3.63) is 72.8 Å². The Balaban J connectivity index is 1.36. The van der Waals surface area contributed by atoms with Crippen molar-refractivity contribution in [1.82, 2.24) is 29.7 Å². The zero-order valence-corrected chi connectivity index (χ0v) is 23.3. The molecule has 0 fully saturated rings. The molecule has 1 N–H and O–H groups in total. The van der Waals surface area contributed by atoms with E-state index < -0.39 is 5.91 Å². The van der Waals surface area contributed by atoms with Crippen LogP contribution in [0.5, 0.6) is 28.7 Å². The molecule has 210 valence electrons. The van der Waals surface area contributed by atoms with Crippen molar-refractivity contribution in [2.24, 2.45) is 0 Å². The van der Waals surface area contributed by atoms with Gasteiger partial charge in [0.1, 0.15) is 29.3 Å². The van der Waals surface area contributed by atoms with Crippen LogP contribution in [-0.4, -0.2) is 56.5 Å². The topological polar surface area (TPSA) is 135 Å². The van der Waals surface area contributed by atoms with Crippen LogP contribution in [0.1, 0.15) is 42.9 Å². The number of fused-ring (bicyclic) bond motifs is 1. The lowest BCUT2D eigenvalue weighted by atomic mass is 10.1. The molecule has 0 atom stereocenters. The smallest absolute Gasteiger partial charge is 0.281 e. The van der Waals surface area contributed by atoms with Crippen LogP contribution in [0.4, 0.5) is 5.82 Å². The zero-order chi connectivity index (χ0) is 28.9. The van der Waals surface area contributed by atoms with E-state index in [9.17, 15) is 4.79 Å². The Morgan fingerprint density at radius 2 is 1.78 bits per heavy atom. The molecule has 0 aliphatic rings. The highest BCUT2D eigenvalue weighted by molar-refractivity contribution is 6.04. The quantitative estimate of drug-likeness (QED) is 0.245. The fraction of sp³-hybridized carbons (Fsp3) is 0.241. The molecule has 5 aromatic rings. The van der Waals surface area contributed by atoms with E-state index in [1.54, 1.807) is 67.8 Å². The van der Waals surface area contributed by atoms with Crippen LogP contribution in [0.3, 0.4) is 0 Å². The second-order valence-corrected chi connectivity index (χ2v) is 9.14. The number of nitrogens with one attached hydrogen (secondary N) is 1. The molecular weight excluding hydrogens is 526 g/mol. The van der Waals surface area contributed by atoms with Gasteiger partial charge in [0.2, 0.25) is 0 Å². The summed E-state index contributed by atoms with van der Waals surface area (Å²) in [6, 6.07) is 8.68. The number of aromatic nitrogens is 6. The fourth-order valence-corrected chi connectivity index (χ4v) is 4.21. The van der Waals surface area contributed by atoms with E-state index in [0.29, 0.717) is 52.4 Å². The molecule has 12 heteroatoms. The van der Waals surface area contributed by atoms with Crippen molar-refractivity contribution in [2.45, 2.75) is 26.7 Å². The summed E-state index contributed by atoms with van der Waals surface area (Å²) in [5.41, 5.74) is 2.26. The number of hydrogen-bond donors (Lipinski definition) is 1. The molecule has 4 aromatic heterocycles. The van der Waals surface area contributed by atoms with Crippen LogP contribution < -0.4 is 24.3 Å². The molecule has 0 unspecified atom stereocenters. The first-order valence-electron chi connectivity index (χ1n) is 12.9. The van der Waals surface area contributed by atoms with E-state index in [4.69, 9.17) is 18.9 Å². The first-order valence-corrected chi connectivity index (χ1v) is 12.9. The maximum absolute atomic E-state index is 13.2. The van der Waals surface area contributed by atoms with E-state index in [1.807, 2.05) is 20.8 Å². The summed E-state index contributed by atoms with van der Waals surface area (Å²) in [5.74, 6) is 2.46. The molecule has 0 bridgehead atoms. The third kappa shape index (κ3) is 5.71. The predicted octanol–water partition coefficient (Wildman–Crippen LogP) is 5.19. The van der Waals surface area contributed by atoms with Gasteiger partial charge in [-0.3, -0.25) is 9.78 Å². The van der Waals surface area contributed by atoms with Crippen molar-refractivity contribution in [2.75, 3.05) is 26.1 Å². The number of methoxy groups -OCH3 is 2. The maximum Gasteiger partial charge on any atom is 0.281 e. The van der Waals surface area contributed by atoms with Gasteiger partial charge in [-0.25, -0.2) is 19.6 Å². The molecule has 4 heterocycles. The maximum atomic E-state index is 13.2. The van der Waals surface area contributed by atoms with Crippen LogP contribution in [0.25, 0.3) is 16.6 Å². The number of carbonyl (C=O) groups excluding carboxylic acids is 1. The van der Waals surface area contributed by atoms with Crippen LogP contribution in [0, 0.1) is 0 Å². The Morgan fingerprint density at radius 3 is 2.49 bits per heavy atom. The van der Waals surface area contributed by atoms with E-state index in [1.165, 1.54) is 12.5 Å². The normalized spacial score (nSPS) is 11.0. The number of rotatable bonds is 10. The Bertz CT molecular complexity index is 1690. The summed E-state index contributed by atoms with van der Waals surface area (Å²) in [4.78, 5) is 30.4. The molecule has 1 amide bonds. The minimum atomic E-state index is -0.475. The summed E-state index contributed by atoms with van der Waals surface area (Å²) in [5, 5.41) is 8.01. The molecule has 0 aliphatic heterocycles. The highest BCUT2D eigenvalue weighted by Crippen LogP contribution is 2.37. The van der Waals surface area contributed by atoms with Gasteiger partial charge in [0.25, 0.3) is 5.91 Å². The van der Waals surface area contributed by atoms with Gasteiger partial charge in [-0.1, -0.05) is 13.8 Å². The van der Waals surface area contributed by atoms with Crippen molar-refractivity contribution in [3.8, 4) is 34.4 Å². The van der Waals surface area contributed by atoms with E-state index in [-0.39, 0.29) is 11.6 Å². The molecule has 0 spiro atoms. The Kier molecular flexibility index (Phi) is 7.90. The fourth-order valence-electron chi connectivity index (χ4n) is 4.21. The molecule has 0 radical (unpaired) electrons. The summed E-state index contributed by atoms with van der Waals surface area (Å²) < 4.78 is 24.1. The highest BCUT2D eigenvalue weighted by Gasteiger charge is 2.21. The number of pyridine rings is 2. The molecule has 0 aliphatic carbocycles. The third-order valence-electron chi connectivity index (χ3n) is 6.12. The monoisotopic (exact) mass is 555 g/mol. The van der Waals surface area contributed by atoms with Crippen LogP contribution >= 0.6 is 0 Å². The predicted molar refractivity (Wildman–Crippen MR) is 152 cm³/mol.